The molecule has 1 aromatic rings. The van der Waals surface area contributed by atoms with Gasteiger partial charge in [-0.2, -0.15) is 0 Å². The molecule has 2 saturated heterocycles. The largest absolute Gasteiger partial charge is 0.357 e. The highest BCUT2D eigenvalue weighted by Gasteiger charge is 2.36. The van der Waals surface area contributed by atoms with E-state index in [0.29, 0.717) is 17.0 Å². The lowest BCUT2D eigenvalue weighted by Crippen LogP contribution is -2.45. The van der Waals surface area contributed by atoms with Crippen molar-refractivity contribution in [1.82, 2.24) is 9.88 Å². The Bertz CT molecular complexity index is 588. The highest BCUT2D eigenvalue weighted by molar-refractivity contribution is 6.30. The lowest BCUT2D eigenvalue weighted by molar-refractivity contribution is -0.137. The third-order valence-corrected chi connectivity index (χ3v) is 5.61. The number of pyridine rings is 1. The Balaban J connectivity index is 1.57. The number of nitrogens with zero attached hydrogens (tertiary/aromatic N) is 3. The molecular formula is C20H30ClN3O. The molecule has 4 nitrogen and oxygen atoms in total. The minimum absolute atomic E-state index is 0.170. The summed E-state index contributed by atoms with van der Waals surface area (Å²) in [6.07, 6.45) is 6.95. The molecule has 2 aliphatic heterocycles. The van der Waals surface area contributed by atoms with Gasteiger partial charge in [0.2, 0.25) is 5.91 Å². The van der Waals surface area contributed by atoms with Crippen LogP contribution in [-0.2, 0) is 4.79 Å². The van der Waals surface area contributed by atoms with Crippen molar-refractivity contribution in [3.63, 3.8) is 0 Å². The molecule has 3 rings (SSSR count). The Hall–Kier alpha value is -1.29. The predicted octanol–water partition coefficient (Wildman–Crippen LogP) is 4.38. The summed E-state index contributed by atoms with van der Waals surface area (Å²) in [6.45, 7) is 9.53. The van der Waals surface area contributed by atoms with Gasteiger partial charge in [-0.15, -0.1) is 0 Å². The van der Waals surface area contributed by atoms with Crippen LogP contribution < -0.4 is 4.90 Å². The molecular weight excluding hydrogens is 334 g/mol. The first-order valence-corrected chi connectivity index (χ1v) is 9.88. The van der Waals surface area contributed by atoms with Crippen LogP contribution in [0.25, 0.3) is 0 Å². The van der Waals surface area contributed by atoms with Crippen molar-refractivity contribution in [2.75, 3.05) is 24.5 Å². The van der Waals surface area contributed by atoms with E-state index in [2.05, 4.69) is 35.6 Å². The number of hydrogen-bond acceptors (Lipinski definition) is 3. The summed E-state index contributed by atoms with van der Waals surface area (Å²) in [5.74, 6) is 1.52. The molecule has 5 heteroatoms. The van der Waals surface area contributed by atoms with Gasteiger partial charge in [-0.25, -0.2) is 4.98 Å². The minimum Gasteiger partial charge on any atom is -0.357 e. The minimum atomic E-state index is 0.170. The predicted molar refractivity (Wildman–Crippen MR) is 103 cm³/mol. The third-order valence-electron chi connectivity index (χ3n) is 5.39. The van der Waals surface area contributed by atoms with E-state index >= 15 is 0 Å². The fourth-order valence-corrected chi connectivity index (χ4v) is 4.30. The topological polar surface area (TPSA) is 36.4 Å². The Morgan fingerprint density at radius 2 is 1.92 bits per heavy atom. The zero-order valence-corrected chi connectivity index (χ0v) is 16.4. The van der Waals surface area contributed by atoms with E-state index in [-0.39, 0.29) is 11.3 Å². The zero-order chi connectivity index (χ0) is 18.0. The monoisotopic (exact) mass is 363 g/mol. The van der Waals surface area contributed by atoms with E-state index in [1.54, 1.807) is 6.20 Å². The molecule has 1 unspecified atom stereocenters. The normalized spacial score (nSPS) is 22.5. The number of rotatable bonds is 3. The van der Waals surface area contributed by atoms with Gasteiger partial charge in [0.1, 0.15) is 5.82 Å². The lowest BCUT2D eigenvalue weighted by Gasteiger charge is -2.36. The molecule has 0 saturated carbocycles. The molecule has 3 heterocycles. The standard InChI is InChI=1S/C20H30ClN3O/c1-20(2,3)13-17-5-4-10-24(17)19(25)15-8-11-23(12-9-15)18-7-6-16(21)14-22-18/h6-7,14-15,17H,4-5,8-13H2,1-3H3. The zero-order valence-electron chi connectivity index (χ0n) is 15.7. The van der Waals surface area contributed by atoms with Crippen LogP contribution in [0.2, 0.25) is 5.02 Å². The van der Waals surface area contributed by atoms with Crippen molar-refractivity contribution in [1.29, 1.82) is 0 Å². The van der Waals surface area contributed by atoms with Gasteiger partial charge >= 0.3 is 0 Å². The van der Waals surface area contributed by atoms with Crippen LogP contribution in [0.15, 0.2) is 18.3 Å². The van der Waals surface area contributed by atoms with E-state index < -0.39 is 0 Å². The van der Waals surface area contributed by atoms with Crippen LogP contribution in [-0.4, -0.2) is 41.5 Å². The number of halogens is 1. The maximum absolute atomic E-state index is 13.1. The van der Waals surface area contributed by atoms with Crippen molar-refractivity contribution in [2.24, 2.45) is 11.3 Å². The van der Waals surface area contributed by atoms with Gasteiger partial charge < -0.3 is 9.80 Å². The molecule has 138 valence electrons. The van der Waals surface area contributed by atoms with Crippen molar-refractivity contribution < 1.29 is 4.79 Å². The van der Waals surface area contributed by atoms with Crippen molar-refractivity contribution >= 4 is 23.3 Å². The number of carbonyl (C=O) groups excluding carboxylic acids is 1. The number of amides is 1. The number of hydrogen-bond donors (Lipinski definition) is 0. The van der Waals surface area contributed by atoms with E-state index in [1.807, 2.05) is 12.1 Å². The maximum atomic E-state index is 13.1. The van der Waals surface area contributed by atoms with E-state index in [4.69, 9.17) is 11.6 Å². The number of anilines is 1. The second kappa shape index (κ2) is 7.53. The SMILES string of the molecule is CC(C)(C)CC1CCCN1C(=O)C1CCN(c2ccc(Cl)cn2)CC1. The summed E-state index contributed by atoms with van der Waals surface area (Å²) in [7, 11) is 0. The van der Waals surface area contributed by atoms with Crippen molar-refractivity contribution in [2.45, 2.75) is 58.9 Å². The Kier molecular flexibility index (Phi) is 5.57. The lowest BCUT2D eigenvalue weighted by atomic mass is 9.86. The van der Waals surface area contributed by atoms with Crippen LogP contribution in [0.4, 0.5) is 5.82 Å². The second-order valence-corrected chi connectivity index (χ2v) is 9.12. The summed E-state index contributed by atoms with van der Waals surface area (Å²) in [4.78, 5) is 21.9. The molecule has 1 atom stereocenters. The molecule has 2 aliphatic rings. The van der Waals surface area contributed by atoms with E-state index in [0.717, 1.165) is 57.6 Å². The number of piperidine rings is 1. The van der Waals surface area contributed by atoms with E-state index in [9.17, 15) is 4.79 Å². The molecule has 2 fully saturated rings. The Morgan fingerprint density at radius 1 is 1.20 bits per heavy atom. The van der Waals surface area contributed by atoms with Gasteiger partial charge in [-0.3, -0.25) is 4.79 Å². The second-order valence-electron chi connectivity index (χ2n) is 8.69. The number of likely N-dealkylation sites (tertiary alicyclic amines) is 1. The summed E-state index contributed by atoms with van der Waals surface area (Å²) in [5, 5.41) is 0.660. The molecule has 1 aromatic heterocycles. The van der Waals surface area contributed by atoms with Gasteiger partial charge in [0.15, 0.2) is 0 Å². The van der Waals surface area contributed by atoms with Crippen LogP contribution in [0.5, 0.6) is 0 Å². The van der Waals surface area contributed by atoms with Gasteiger partial charge in [-0.1, -0.05) is 32.4 Å². The first-order chi connectivity index (χ1) is 11.8. The van der Waals surface area contributed by atoms with Gasteiger partial charge in [0.25, 0.3) is 0 Å². The van der Waals surface area contributed by atoms with Crippen LogP contribution in [0.3, 0.4) is 0 Å². The molecule has 0 N–H and O–H groups in total. The molecule has 0 spiro atoms. The van der Waals surface area contributed by atoms with Gasteiger partial charge in [0, 0.05) is 37.8 Å². The summed E-state index contributed by atoms with van der Waals surface area (Å²) in [6, 6.07) is 4.27. The molecule has 25 heavy (non-hydrogen) atoms. The first kappa shape index (κ1) is 18.5. The van der Waals surface area contributed by atoms with Crippen molar-refractivity contribution in [3.8, 4) is 0 Å². The molecule has 0 aromatic carbocycles. The molecule has 0 aliphatic carbocycles. The first-order valence-electron chi connectivity index (χ1n) is 9.50. The fourth-order valence-electron chi connectivity index (χ4n) is 4.19. The number of carbonyl (C=O) groups is 1. The highest BCUT2D eigenvalue weighted by Crippen LogP contribution is 2.32. The van der Waals surface area contributed by atoms with Crippen LogP contribution in [0.1, 0.15) is 52.9 Å². The highest BCUT2D eigenvalue weighted by atomic mass is 35.5. The van der Waals surface area contributed by atoms with Crippen LogP contribution in [0, 0.1) is 11.3 Å². The maximum Gasteiger partial charge on any atom is 0.226 e. The van der Waals surface area contributed by atoms with Crippen LogP contribution >= 0.6 is 11.6 Å². The van der Waals surface area contributed by atoms with Crippen molar-refractivity contribution in [3.05, 3.63) is 23.4 Å². The van der Waals surface area contributed by atoms with Gasteiger partial charge in [-0.05, 0) is 49.7 Å². The smallest absolute Gasteiger partial charge is 0.226 e. The van der Waals surface area contributed by atoms with E-state index in [1.165, 1.54) is 0 Å². The average molecular weight is 364 g/mol. The molecule has 1 amide bonds. The molecule has 0 radical (unpaired) electrons. The quantitative estimate of drug-likeness (QED) is 0.799. The fraction of sp³-hybridized carbons (Fsp3) is 0.700. The summed E-state index contributed by atoms with van der Waals surface area (Å²) < 4.78 is 0. The summed E-state index contributed by atoms with van der Waals surface area (Å²) in [5.41, 5.74) is 0.275. The van der Waals surface area contributed by atoms with Gasteiger partial charge in [0.05, 0.1) is 5.02 Å². The summed E-state index contributed by atoms with van der Waals surface area (Å²) >= 11 is 5.92. The number of aromatic nitrogens is 1. The average Bonchev–Trinajstić information content (AvgIpc) is 3.01. The molecule has 0 bridgehead atoms. The third kappa shape index (κ3) is 4.66. The Morgan fingerprint density at radius 3 is 2.52 bits per heavy atom. The Labute approximate surface area is 156 Å².